The van der Waals surface area contributed by atoms with Crippen LogP contribution in [-0.2, 0) is 17.8 Å². The van der Waals surface area contributed by atoms with E-state index >= 15 is 0 Å². The Balaban J connectivity index is 1.68. The molecule has 0 aliphatic carbocycles. The molecule has 2 aromatic rings. The quantitative estimate of drug-likeness (QED) is 0.810. The number of aromatic nitrogens is 2. The minimum Gasteiger partial charge on any atom is -0.497 e. The molecular weight excluding hydrogens is 294 g/mol. The van der Waals surface area contributed by atoms with Crippen LogP contribution in [0.1, 0.15) is 49.9 Å². The molecule has 6 nitrogen and oxygen atoms in total. The van der Waals surface area contributed by atoms with Crippen LogP contribution in [-0.4, -0.2) is 23.2 Å². The third-order valence-corrected chi connectivity index (χ3v) is 3.44. The molecular formula is C17H23N3O3. The van der Waals surface area contributed by atoms with Crippen LogP contribution in [0.4, 0.5) is 0 Å². The molecule has 0 aliphatic heterocycles. The van der Waals surface area contributed by atoms with Crippen LogP contribution in [0.3, 0.4) is 0 Å². The number of amides is 1. The van der Waals surface area contributed by atoms with Gasteiger partial charge in [0.25, 0.3) is 0 Å². The lowest BCUT2D eigenvalue weighted by atomic mass is 10.2. The van der Waals surface area contributed by atoms with Crippen LogP contribution in [0.2, 0.25) is 0 Å². The Kier molecular flexibility index (Phi) is 6.14. The zero-order valence-electron chi connectivity index (χ0n) is 13.8. The van der Waals surface area contributed by atoms with Gasteiger partial charge in [0.15, 0.2) is 5.82 Å². The van der Waals surface area contributed by atoms with Gasteiger partial charge in [0.2, 0.25) is 11.8 Å². The average molecular weight is 317 g/mol. The molecule has 1 amide bonds. The molecule has 0 saturated carbocycles. The molecule has 1 aromatic carbocycles. The molecule has 1 heterocycles. The number of hydrogen-bond donors (Lipinski definition) is 1. The number of ether oxygens (including phenoxy) is 1. The van der Waals surface area contributed by atoms with Gasteiger partial charge in [0.1, 0.15) is 5.75 Å². The summed E-state index contributed by atoms with van der Waals surface area (Å²) in [6.45, 7) is 4.55. The second-order valence-electron chi connectivity index (χ2n) is 5.68. The first kappa shape index (κ1) is 17.0. The summed E-state index contributed by atoms with van der Waals surface area (Å²) >= 11 is 0. The van der Waals surface area contributed by atoms with E-state index in [4.69, 9.17) is 9.26 Å². The van der Waals surface area contributed by atoms with Crippen molar-refractivity contribution in [3.63, 3.8) is 0 Å². The number of nitrogens with one attached hydrogen (secondary N) is 1. The number of hydrogen-bond acceptors (Lipinski definition) is 5. The van der Waals surface area contributed by atoms with Gasteiger partial charge in [0.05, 0.1) is 7.11 Å². The monoisotopic (exact) mass is 317 g/mol. The summed E-state index contributed by atoms with van der Waals surface area (Å²) in [5, 5.41) is 6.81. The minimum atomic E-state index is 0.0180. The van der Waals surface area contributed by atoms with E-state index in [-0.39, 0.29) is 11.8 Å². The fourth-order valence-corrected chi connectivity index (χ4v) is 2.04. The molecule has 0 unspecified atom stereocenters. The van der Waals surface area contributed by atoms with Crippen molar-refractivity contribution in [1.82, 2.24) is 15.5 Å². The van der Waals surface area contributed by atoms with Gasteiger partial charge in [-0.05, 0) is 24.1 Å². The Morgan fingerprint density at radius 3 is 2.65 bits per heavy atom. The molecule has 23 heavy (non-hydrogen) atoms. The summed E-state index contributed by atoms with van der Waals surface area (Å²) in [4.78, 5) is 16.1. The number of rotatable bonds is 8. The van der Waals surface area contributed by atoms with Gasteiger partial charge in [-0.25, -0.2) is 0 Å². The Bertz CT molecular complexity index is 620. The van der Waals surface area contributed by atoms with E-state index in [2.05, 4.69) is 15.5 Å². The molecule has 1 N–H and O–H groups in total. The zero-order chi connectivity index (χ0) is 16.7. The summed E-state index contributed by atoms with van der Waals surface area (Å²) in [7, 11) is 1.63. The van der Waals surface area contributed by atoms with E-state index in [9.17, 15) is 4.79 Å². The SMILES string of the molecule is COc1ccc(CNC(=O)CCCc2nc(C(C)C)no2)cc1. The van der Waals surface area contributed by atoms with Gasteiger partial charge < -0.3 is 14.6 Å². The lowest BCUT2D eigenvalue weighted by Gasteiger charge is -2.06. The van der Waals surface area contributed by atoms with Gasteiger partial charge in [0, 0.05) is 25.3 Å². The summed E-state index contributed by atoms with van der Waals surface area (Å²) in [6.07, 6.45) is 1.75. The molecule has 0 bridgehead atoms. The molecule has 0 fully saturated rings. The van der Waals surface area contributed by atoms with Crippen molar-refractivity contribution in [2.24, 2.45) is 0 Å². The molecule has 0 radical (unpaired) electrons. The van der Waals surface area contributed by atoms with Gasteiger partial charge in [-0.1, -0.05) is 31.1 Å². The highest BCUT2D eigenvalue weighted by Gasteiger charge is 2.10. The number of benzene rings is 1. The van der Waals surface area contributed by atoms with Crippen LogP contribution in [0.15, 0.2) is 28.8 Å². The van der Waals surface area contributed by atoms with Crippen molar-refractivity contribution in [2.75, 3.05) is 7.11 Å². The lowest BCUT2D eigenvalue weighted by Crippen LogP contribution is -2.22. The normalized spacial score (nSPS) is 10.8. The standard InChI is InChI=1S/C17H23N3O3/c1-12(2)17-19-16(23-20-17)6-4-5-15(21)18-11-13-7-9-14(22-3)10-8-13/h7-10,12H,4-6,11H2,1-3H3,(H,18,21). The number of methoxy groups -OCH3 is 1. The third kappa shape index (κ3) is 5.39. The van der Waals surface area contributed by atoms with Crippen LogP contribution >= 0.6 is 0 Å². The predicted molar refractivity (Wildman–Crippen MR) is 86.2 cm³/mol. The third-order valence-electron chi connectivity index (χ3n) is 3.44. The first-order chi connectivity index (χ1) is 11.1. The highest BCUT2D eigenvalue weighted by Crippen LogP contribution is 2.12. The Morgan fingerprint density at radius 1 is 1.30 bits per heavy atom. The van der Waals surface area contributed by atoms with Crippen LogP contribution in [0, 0.1) is 0 Å². The first-order valence-corrected chi connectivity index (χ1v) is 7.80. The highest BCUT2D eigenvalue weighted by atomic mass is 16.5. The van der Waals surface area contributed by atoms with Crippen LogP contribution in [0.5, 0.6) is 5.75 Å². The molecule has 6 heteroatoms. The Hall–Kier alpha value is -2.37. The van der Waals surface area contributed by atoms with E-state index in [0.29, 0.717) is 37.5 Å². The average Bonchev–Trinajstić information content (AvgIpc) is 3.02. The number of aryl methyl sites for hydroxylation is 1. The van der Waals surface area contributed by atoms with Gasteiger partial charge in [-0.3, -0.25) is 4.79 Å². The molecule has 2 rings (SSSR count). The van der Waals surface area contributed by atoms with E-state index in [1.54, 1.807) is 7.11 Å². The van der Waals surface area contributed by atoms with Gasteiger partial charge in [-0.2, -0.15) is 4.98 Å². The van der Waals surface area contributed by atoms with Gasteiger partial charge in [-0.15, -0.1) is 0 Å². The Morgan fingerprint density at radius 2 is 2.04 bits per heavy atom. The van der Waals surface area contributed by atoms with E-state index in [1.165, 1.54) is 0 Å². The second-order valence-corrected chi connectivity index (χ2v) is 5.68. The number of nitrogens with zero attached hydrogens (tertiary/aromatic N) is 2. The largest absolute Gasteiger partial charge is 0.497 e. The maximum atomic E-state index is 11.8. The molecule has 1 aromatic heterocycles. The van der Waals surface area contributed by atoms with E-state index in [0.717, 1.165) is 11.3 Å². The highest BCUT2D eigenvalue weighted by molar-refractivity contribution is 5.75. The molecule has 0 atom stereocenters. The fourth-order valence-electron chi connectivity index (χ4n) is 2.04. The summed E-state index contributed by atoms with van der Waals surface area (Å²) in [5.74, 6) is 2.38. The summed E-state index contributed by atoms with van der Waals surface area (Å²) in [5.41, 5.74) is 1.04. The van der Waals surface area contributed by atoms with Crippen molar-refractivity contribution < 1.29 is 14.1 Å². The maximum Gasteiger partial charge on any atom is 0.226 e. The predicted octanol–water partition coefficient (Wildman–Crippen LogP) is 2.84. The molecule has 0 saturated heterocycles. The van der Waals surface area contributed by atoms with Crippen molar-refractivity contribution in [3.05, 3.63) is 41.5 Å². The maximum absolute atomic E-state index is 11.8. The van der Waals surface area contributed by atoms with Crippen LogP contribution in [0.25, 0.3) is 0 Å². The van der Waals surface area contributed by atoms with E-state index in [1.807, 2.05) is 38.1 Å². The summed E-state index contributed by atoms with van der Waals surface area (Å²) < 4.78 is 10.3. The number of carbonyl (C=O) groups excluding carboxylic acids is 1. The smallest absolute Gasteiger partial charge is 0.226 e. The van der Waals surface area contributed by atoms with E-state index < -0.39 is 0 Å². The van der Waals surface area contributed by atoms with Crippen molar-refractivity contribution >= 4 is 5.91 Å². The lowest BCUT2D eigenvalue weighted by molar-refractivity contribution is -0.121. The van der Waals surface area contributed by atoms with Crippen molar-refractivity contribution in [1.29, 1.82) is 0 Å². The molecule has 124 valence electrons. The summed E-state index contributed by atoms with van der Waals surface area (Å²) in [6, 6.07) is 7.63. The number of carbonyl (C=O) groups is 1. The van der Waals surface area contributed by atoms with Crippen LogP contribution < -0.4 is 10.1 Å². The fraction of sp³-hybridized carbons (Fsp3) is 0.471. The van der Waals surface area contributed by atoms with Gasteiger partial charge >= 0.3 is 0 Å². The van der Waals surface area contributed by atoms with Crippen molar-refractivity contribution in [3.8, 4) is 5.75 Å². The zero-order valence-corrected chi connectivity index (χ0v) is 13.8. The topological polar surface area (TPSA) is 77.2 Å². The first-order valence-electron chi connectivity index (χ1n) is 7.80. The Labute approximate surface area is 136 Å². The minimum absolute atomic E-state index is 0.0180. The van der Waals surface area contributed by atoms with Crippen molar-refractivity contribution in [2.45, 2.75) is 45.6 Å². The molecule has 0 aliphatic rings. The second kappa shape index (κ2) is 8.31. The molecule has 0 spiro atoms.